The van der Waals surface area contributed by atoms with E-state index in [0.29, 0.717) is 11.7 Å². The van der Waals surface area contributed by atoms with Crippen molar-refractivity contribution in [1.29, 1.82) is 0 Å². The van der Waals surface area contributed by atoms with Crippen molar-refractivity contribution in [1.82, 2.24) is 20.1 Å². The molecule has 0 fully saturated rings. The standard InChI is InChI=1S/C18H16ClFN4O/c1-24(17(25)8-12-2-7-16(19)21-9-12)11-14-10-22-23-18(14)13-3-5-15(20)6-4-13/h2-7,9-10H,8,11H2,1H3,(H,22,23). The first kappa shape index (κ1) is 17.1. The molecule has 0 bridgehead atoms. The summed E-state index contributed by atoms with van der Waals surface area (Å²) in [4.78, 5) is 18.0. The number of benzene rings is 1. The van der Waals surface area contributed by atoms with Crippen molar-refractivity contribution >= 4 is 17.5 Å². The lowest BCUT2D eigenvalue weighted by atomic mass is 10.1. The van der Waals surface area contributed by atoms with E-state index in [-0.39, 0.29) is 18.1 Å². The first-order chi connectivity index (χ1) is 12.0. The van der Waals surface area contributed by atoms with Crippen molar-refractivity contribution in [3.05, 3.63) is 70.9 Å². The van der Waals surface area contributed by atoms with Crippen LogP contribution in [0, 0.1) is 5.82 Å². The van der Waals surface area contributed by atoms with Crippen LogP contribution in [0.25, 0.3) is 11.3 Å². The van der Waals surface area contributed by atoms with Gasteiger partial charge >= 0.3 is 0 Å². The second kappa shape index (κ2) is 7.44. The minimum absolute atomic E-state index is 0.0459. The molecule has 0 aliphatic rings. The van der Waals surface area contributed by atoms with Crippen molar-refractivity contribution in [3.8, 4) is 11.3 Å². The number of aromatic nitrogens is 3. The van der Waals surface area contributed by atoms with Crippen molar-refractivity contribution in [2.45, 2.75) is 13.0 Å². The van der Waals surface area contributed by atoms with Crippen LogP contribution in [-0.2, 0) is 17.8 Å². The SMILES string of the molecule is CN(Cc1cn[nH]c1-c1ccc(F)cc1)C(=O)Cc1ccc(Cl)nc1. The molecule has 128 valence electrons. The van der Waals surface area contributed by atoms with Gasteiger partial charge in [0.2, 0.25) is 5.91 Å². The van der Waals surface area contributed by atoms with E-state index in [1.807, 2.05) is 0 Å². The smallest absolute Gasteiger partial charge is 0.227 e. The number of amides is 1. The molecule has 1 amide bonds. The molecule has 2 aromatic heterocycles. The number of carbonyl (C=O) groups excluding carboxylic acids is 1. The number of aromatic amines is 1. The molecule has 0 saturated carbocycles. The van der Waals surface area contributed by atoms with Gasteiger partial charge in [-0.15, -0.1) is 0 Å². The summed E-state index contributed by atoms with van der Waals surface area (Å²) in [5, 5.41) is 7.35. The molecule has 0 spiro atoms. The van der Waals surface area contributed by atoms with Gasteiger partial charge in [0.1, 0.15) is 11.0 Å². The van der Waals surface area contributed by atoms with Gasteiger partial charge in [0, 0.05) is 30.9 Å². The largest absolute Gasteiger partial charge is 0.341 e. The second-order valence-electron chi connectivity index (χ2n) is 5.69. The van der Waals surface area contributed by atoms with Crippen LogP contribution < -0.4 is 0 Å². The van der Waals surface area contributed by atoms with Crippen LogP contribution in [0.1, 0.15) is 11.1 Å². The molecule has 0 aliphatic carbocycles. The molecule has 1 aromatic carbocycles. The Morgan fingerprint density at radius 1 is 1.20 bits per heavy atom. The summed E-state index contributed by atoms with van der Waals surface area (Å²) in [7, 11) is 1.73. The molecule has 25 heavy (non-hydrogen) atoms. The number of rotatable bonds is 5. The van der Waals surface area contributed by atoms with E-state index in [1.54, 1.807) is 48.6 Å². The molecule has 0 aliphatic heterocycles. The highest BCUT2D eigenvalue weighted by Crippen LogP contribution is 2.22. The van der Waals surface area contributed by atoms with E-state index < -0.39 is 0 Å². The third-order valence-corrected chi connectivity index (χ3v) is 4.05. The van der Waals surface area contributed by atoms with Gasteiger partial charge < -0.3 is 4.90 Å². The number of likely N-dealkylation sites (N-methyl/N-ethyl adjacent to an activating group) is 1. The number of carbonyl (C=O) groups is 1. The fourth-order valence-corrected chi connectivity index (χ4v) is 2.57. The van der Waals surface area contributed by atoms with E-state index >= 15 is 0 Å². The zero-order chi connectivity index (χ0) is 17.8. The van der Waals surface area contributed by atoms with Crippen LogP contribution in [0.2, 0.25) is 5.15 Å². The van der Waals surface area contributed by atoms with Crippen molar-refractivity contribution in [2.24, 2.45) is 0 Å². The molecule has 1 N–H and O–H groups in total. The maximum atomic E-state index is 13.1. The highest BCUT2D eigenvalue weighted by atomic mass is 35.5. The number of hydrogen-bond donors (Lipinski definition) is 1. The zero-order valence-electron chi connectivity index (χ0n) is 13.5. The quantitative estimate of drug-likeness (QED) is 0.710. The van der Waals surface area contributed by atoms with Gasteiger partial charge in [-0.1, -0.05) is 17.7 Å². The Hall–Kier alpha value is -2.73. The number of halogens is 2. The molecular formula is C18H16ClFN4O. The van der Waals surface area contributed by atoms with Crippen LogP contribution in [0.3, 0.4) is 0 Å². The minimum atomic E-state index is -0.298. The van der Waals surface area contributed by atoms with E-state index in [4.69, 9.17) is 11.6 Å². The highest BCUT2D eigenvalue weighted by molar-refractivity contribution is 6.29. The van der Waals surface area contributed by atoms with Gasteiger partial charge in [0.25, 0.3) is 0 Å². The van der Waals surface area contributed by atoms with Gasteiger partial charge in [-0.2, -0.15) is 5.10 Å². The van der Waals surface area contributed by atoms with Crippen molar-refractivity contribution < 1.29 is 9.18 Å². The van der Waals surface area contributed by atoms with E-state index in [0.717, 1.165) is 22.4 Å². The minimum Gasteiger partial charge on any atom is -0.341 e. The summed E-state index contributed by atoms with van der Waals surface area (Å²) in [5.74, 6) is -0.343. The molecule has 5 nitrogen and oxygen atoms in total. The second-order valence-corrected chi connectivity index (χ2v) is 6.08. The van der Waals surface area contributed by atoms with Gasteiger partial charge in [-0.25, -0.2) is 9.37 Å². The zero-order valence-corrected chi connectivity index (χ0v) is 14.3. The summed E-state index contributed by atoms with van der Waals surface area (Å²) < 4.78 is 13.1. The first-order valence-electron chi connectivity index (χ1n) is 7.65. The van der Waals surface area contributed by atoms with Gasteiger partial charge in [0.05, 0.1) is 18.3 Å². The summed E-state index contributed by atoms with van der Waals surface area (Å²) in [5.41, 5.74) is 3.24. The third kappa shape index (κ3) is 4.22. The van der Waals surface area contributed by atoms with Crippen LogP contribution in [-0.4, -0.2) is 33.0 Å². The van der Waals surface area contributed by atoms with E-state index in [1.165, 1.54) is 12.1 Å². The van der Waals surface area contributed by atoms with E-state index in [2.05, 4.69) is 15.2 Å². The number of H-pyrrole nitrogens is 1. The predicted molar refractivity (Wildman–Crippen MR) is 93.4 cm³/mol. The first-order valence-corrected chi connectivity index (χ1v) is 8.03. The fraction of sp³-hybridized carbons (Fsp3) is 0.167. The topological polar surface area (TPSA) is 61.9 Å². The lowest BCUT2D eigenvalue weighted by Gasteiger charge is -2.17. The summed E-state index contributed by atoms with van der Waals surface area (Å²) in [6.45, 7) is 0.392. The van der Waals surface area contributed by atoms with Gasteiger partial charge in [0.15, 0.2) is 0 Å². The number of pyridine rings is 1. The van der Waals surface area contributed by atoms with Crippen molar-refractivity contribution in [2.75, 3.05) is 7.05 Å². The molecule has 2 heterocycles. The Bertz CT molecular complexity index is 862. The molecular weight excluding hydrogens is 343 g/mol. The van der Waals surface area contributed by atoms with Crippen molar-refractivity contribution in [3.63, 3.8) is 0 Å². The Kier molecular flexibility index (Phi) is 5.09. The molecule has 0 atom stereocenters. The Morgan fingerprint density at radius 3 is 2.64 bits per heavy atom. The molecule has 0 saturated heterocycles. The number of hydrogen-bond acceptors (Lipinski definition) is 3. The van der Waals surface area contributed by atoms with Crippen LogP contribution in [0.15, 0.2) is 48.8 Å². The molecule has 0 radical (unpaired) electrons. The Morgan fingerprint density at radius 2 is 1.96 bits per heavy atom. The summed E-state index contributed by atoms with van der Waals surface area (Å²) in [6, 6.07) is 9.57. The van der Waals surface area contributed by atoms with E-state index in [9.17, 15) is 9.18 Å². The lowest BCUT2D eigenvalue weighted by Crippen LogP contribution is -2.27. The van der Waals surface area contributed by atoms with Gasteiger partial charge in [-0.05, 0) is 35.9 Å². The molecule has 0 unspecified atom stereocenters. The normalized spacial score (nSPS) is 10.7. The Labute approximate surface area is 149 Å². The Balaban J connectivity index is 1.70. The van der Waals surface area contributed by atoms with Gasteiger partial charge in [-0.3, -0.25) is 9.89 Å². The average Bonchev–Trinajstić information content (AvgIpc) is 3.05. The highest BCUT2D eigenvalue weighted by Gasteiger charge is 2.15. The predicted octanol–water partition coefficient (Wildman–Crippen LogP) is 3.47. The lowest BCUT2D eigenvalue weighted by molar-refractivity contribution is -0.129. The van der Waals surface area contributed by atoms with Crippen LogP contribution >= 0.6 is 11.6 Å². The maximum absolute atomic E-state index is 13.1. The average molecular weight is 359 g/mol. The summed E-state index contributed by atoms with van der Waals surface area (Å²) >= 11 is 5.75. The molecule has 3 aromatic rings. The fourth-order valence-electron chi connectivity index (χ4n) is 2.46. The molecule has 3 rings (SSSR count). The third-order valence-electron chi connectivity index (χ3n) is 3.83. The molecule has 7 heteroatoms. The van der Waals surface area contributed by atoms with Crippen LogP contribution in [0.5, 0.6) is 0 Å². The monoisotopic (exact) mass is 358 g/mol. The maximum Gasteiger partial charge on any atom is 0.227 e. The number of nitrogens with zero attached hydrogens (tertiary/aromatic N) is 3. The van der Waals surface area contributed by atoms with Crippen LogP contribution in [0.4, 0.5) is 4.39 Å². The number of nitrogens with one attached hydrogen (secondary N) is 1. The summed E-state index contributed by atoms with van der Waals surface area (Å²) in [6.07, 6.45) is 3.51.